The highest BCUT2D eigenvalue weighted by atomic mass is 14.9. The van der Waals surface area contributed by atoms with Crippen LogP contribution in [-0.2, 0) is 0 Å². The molecule has 0 rings (SSSR count). The first kappa shape index (κ1) is 7.46. The first-order valence-corrected chi connectivity index (χ1v) is 2.25. The second-order valence-electron chi connectivity index (χ2n) is 1.42. The van der Waals surface area contributed by atoms with Crippen molar-refractivity contribution in [3.8, 4) is 0 Å². The molecule has 0 fully saturated rings. The molecular formula is C5H9BN2. The molecular weight excluding hydrogens is 98.9 g/mol. The van der Waals surface area contributed by atoms with Gasteiger partial charge >= 0.3 is 0 Å². The van der Waals surface area contributed by atoms with E-state index in [-0.39, 0.29) is 6.17 Å². The van der Waals surface area contributed by atoms with Crippen LogP contribution in [0.2, 0.25) is 0 Å². The van der Waals surface area contributed by atoms with E-state index >= 15 is 0 Å². The van der Waals surface area contributed by atoms with E-state index in [2.05, 4.69) is 18.4 Å². The van der Waals surface area contributed by atoms with Crippen LogP contribution < -0.4 is 11.0 Å². The Morgan fingerprint density at radius 1 is 1.88 bits per heavy atom. The first-order chi connectivity index (χ1) is 3.72. The van der Waals surface area contributed by atoms with Crippen LogP contribution in [0.4, 0.5) is 0 Å². The van der Waals surface area contributed by atoms with Gasteiger partial charge in [-0.05, 0) is 5.57 Å². The molecule has 0 aliphatic heterocycles. The summed E-state index contributed by atoms with van der Waals surface area (Å²) in [5, 5.41) is 2.32. The SMILES string of the molecule is [B]NC(N)C(=C)C=C. The summed E-state index contributed by atoms with van der Waals surface area (Å²) in [6.45, 7) is 7.01. The fourth-order valence-electron chi connectivity index (χ4n) is 0.234. The largest absolute Gasteiger partial charge is 0.349 e. The van der Waals surface area contributed by atoms with Crippen molar-refractivity contribution in [3.05, 3.63) is 24.8 Å². The zero-order valence-electron chi connectivity index (χ0n) is 4.72. The Kier molecular flexibility index (Phi) is 3.23. The zero-order chi connectivity index (χ0) is 6.57. The third-order valence-electron chi connectivity index (χ3n) is 0.841. The van der Waals surface area contributed by atoms with Crippen LogP contribution in [0.15, 0.2) is 24.8 Å². The van der Waals surface area contributed by atoms with Crippen molar-refractivity contribution in [1.82, 2.24) is 5.23 Å². The molecule has 0 heterocycles. The molecule has 42 valence electrons. The van der Waals surface area contributed by atoms with Crippen molar-refractivity contribution < 1.29 is 0 Å². The molecule has 2 radical (unpaired) electrons. The molecule has 0 aromatic carbocycles. The topological polar surface area (TPSA) is 38.0 Å². The van der Waals surface area contributed by atoms with Gasteiger partial charge in [0.2, 0.25) is 0 Å². The quantitative estimate of drug-likeness (QED) is 0.295. The van der Waals surface area contributed by atoms with E-state index in [1.807, 2.05) is 0 Å². The lowest BCUT2D eigenvalue weighted by Crippen LogP contribution is -2.36. The van der Waals surface area contributed by atoms with Gasteiger partial charge in [0.05, 0.1) is 6.17 Å². The highest BCUT2D eigenvalue weighted by Crippen LogP contribution is 1.90. The standard InChI is InChI=1S/C5H9BN2/c1-3-4(2)5(7)8-6/h3,5,8H,1-2,7H2. The first-order valence-electron chi connectivity index (χ1n) is 2.25. The van der Waals surface area contributed by atoms with Crippen LogP contribution >= 0.6 is 0 Å². The predicted molar refractivity (Wildman–Crippen MR) is 36.2 cm³/mol. The highest BCUT2D eigenvalue weighted by Gasteiger charge is 1.95. The number of hydrogen-bond donors (Lipinski definition) is 2. The molecule has 0 bridgehead atoms. The lowest BCUT2D eigenvalue weighted by molar-refractivity contribution is 0.770. The van der Waals surface area contributed by atoms with Crippen LogP contribution in [0.5, 0.6) is 0 Å². The van der Waals surface area contributed by atoms with E-state index in [1.165, 1.54) is 0 Å². The maximum absolute atomic E-state index is 5.32. The second kappa shape index (κ2) is 3.46. The molecule has 8 heavy (non-hydrogen) atoms. The molecule has 0 amide bonds. The van der Waals surface area contributed by atoms with Crippen LogP contribution in [0.3, 0.4) is 0 Å². The van der Waals surface area contributed by atoms with E-state index in [0.29, 0.717) is 5.57 Å². The molecule has 2 nitrogen and oxygen atoms in total. The average molecular weight is 108 g/mol. The minimum atomic E-state index is -0.368. The van der Waals surface area contributed by atoms with Gasteiger partial charge in [0.15, 0.2) is 7.98 Å². The van der Waals surface area contributed by atoms with Gasteiger partial charge in [0.25, 0.3) is 0 Å². The smallest absolute Gasteiger partial charge is 0.180 e. The van der Waals surface area contributed by atoms with E-state index in [9.17, 15) is 0 Å². The number of nitrogens with one attached hydrogen (secondary N) is 1. The Balaban J connectivity index is 3.62. The molecule has 0 aromatic heterocycles. The molecule has 0 aliphatic rings. The normalized spacial score (nSPS) is 12.6. The maximum atomic E-state index is 5.32. The van der Waals surface area contributed by atoms with Crippen molar-refractivity contribution in [1.29, 1.82) is 0 Å². The minimum Gasteiger partial charge on any atom is -0.349 e. The van der Waals surface area contributed by atoms with Gasteiger partial charge in [0.1, 0.15) is 0 Å². The molecule has 0 aromatic rings. The van der Waals surface area contributed by atoms with Gasteiger partial charge < -0.3 is 11.0 Å². The number of hydrogen-bond acceptors (Lipinski definition) is 2. The summed E-state index contributed by atoms with van der Waals surface area (Å²) in [7, 11) is 4.96. The van der Waals surface area contributed by atoms with Gasteiger partial charge in [-0.3, -0.25) is 0 Å². The Bertz CT molecular complexity index is 101. The van der Waals surface area contributed by atoms with E-state index < -0.39 is 0 Å². The summed E-state index contributed by atoms with van der Waals surface area (Å²) in [5.41, 5.74) is 6.01. The lowest BCUT2D eigenvalue weighted by Gasteiger charge is -2.08. The Labute approximate surface area is 50.9 Å². The van der Waals surface area contributed by atoms with Crippen molar-refractivity contribution in [3.63, 3.8) is 0 Å². The van der Waals surface area contributed by atoms with E-state index in [4.69, 9.17) is 13.7 Å². The Hall–Kier alpha value is -0.535. The molecule has 0 aliphatic carbocycles. The summed E-state index contributed by atoms with van der Waals surface area (Å²) in [5.74, 6) is 0. The monoisotopic (exact) mass is 108 g/mol. The number of nitrogens with two attached hydrogens (primary N) is 1. The third kappa shape index (κ3) is 1.96. The summed E-state index contributed by atoms with van der Waals surface area (Å²) in [6, 6.07) is 0. The van der Waals surface area contributed by atoms with Gasteiger partial charge in [-0.15, -0.1) is 0 Å². The highest BCUT2D eigenvalue weighted by molar-refractivity contribution is 6.04. The van der Waals surface area contributed by atoms with Crippen LogP contribution in [0, 0.1) is 0 Å². The number of rotatable bonds is 3. The van der Waals surface area contributed by atoms with Crippen LogP contribution in [0.25, 0.3) is 0 Å². The average Bonchev–Trinajstić information content (AvgIpc) is 1.84. The van der Waals surface area contributed by atoms with Gasteiger partial charge in [0, 0.05) is 0 Å². The van der Waals surface area contributed by atoms with Crippen molar-refractivity contribution in [2.75, 3.05) is 0 Å². The fourth-order valence-corrected chi connectivity index (χ4v) is 0.234. The Morgan fingerprint density at radius 2 is 2.38 bits per heavy atom. The molecule has 3 heteroatoms. The van der Waals surface area contributed by atoms with Crippen LogP contribution in [-0.4, -0.2) is 14.1 Å². The van der Waals surface area contributed by atoms with Gasteiger partial charge in [-0.25, -0.2) is 0 Å². The summed E-state index contributed by atoms with van der Waals surface area (Å²) in [4.78, 5) is 0. The molecule has 0 saturated heterocycles. The van der Waals surface area contributed by atoms with Gasteiger partial charge in [-0.2, -0.15) is 0 Å². The summed E-state index contributed by atoms with van der Waals surface area (Å²) < 4.78 is 0. The molecule has 0 spiro atoms. The Morgan fingerprint density at radius 3 is 2.50 bits per heavy atom. The summed E-state index contributed by atoms with van der Waals surface area (Å²) in [6.07, 6.45) is 1.19. The van der Waals surface area contributed by atoms with Crippen molar-refractivity contribution in [2.24, 2.45) is 5.73 Å². The molecule has 1 unspecified atom stereocenters. The molecule has 1 atom stereocenters. The fraction of sp³-hybridized carbons (Fsp3) is 0.200. The second-order valence-corrected chi connectivity index (χ2v) is 1.42. The molecule has 3 N–H and O–H groups in total. The predicted octanol–water partition coefficient (Wildman–Crippen LogP) is -0.313. The maximum Gasteiger partial charge on any atom is 0.180 e. The van der Waals surface area contributed by atoms with E-state index in [0.717, 1.165) is 0 Å². The van der Waals surface area contributed by atoms with Crippen molar-refractivity contribution >= 4 is 7.98 Å². The minimum absolute atomic E-state index is 0.368. The molecule has 0 saturated carbocycles. The van der Waals surface area contributed by atoms with Crippen LogP contribution in [0.1, 0.15) is 0 Å². The van der Waals surface area contributed by atoms with E-state index in [1.54, 1.807) is 6.08 Å². The van der Waals surface area contributed by atoms with Gasteiger partial charge in [-0.1, -0.05) is 19.2 Å². The summed E-state index contributed by atoms with van der Waals surface area (Å²) >= 11 is 0. The zero-order valence-corrected chi connectivity index (χ0v) is 4.72. The lowest BCUT2D eigenvalue weighted by atomic mass is 10.2. The third-order valence-corrected chi connectivity index (χ3v) is 0.841. The van der Waals surface area contributed by atoms with Crippen molar-refractivity contribution in [2.45, 2.75) is 6.17 Å².